The highest BCUT2D eigenvalue weighted by Crippen LogP contribution is 2.28. The molecule has 8 nitrogen and oxygen atoms in total. The molecule has 0 saturated carbocycles. The van der Waals surface area contributed by atoms with E-state index in [2.05, 4.69) is 4.57 Å². The molecular weight excluding hydrogens is 414 g/mol. The fourth-order valence-electron chi connectivity index (χ4n) is 3.76. The average molecular weight is 443 g/mol. The van der Waals surface area contributed by atoms with Gasteiger partial charge in [-0.1, -0.05) is 0 Å². The smallest absolute Gasteiger partial charge is 0.344 e. The molecule has 0 spiro atoms. The van der Waals surface area contributed by atoms with Crippen LogP contribution in [0.3, 0.4) is 0 Å². The summed E-state index contributed by atoms with van der Waals surface area (Å²) in [5.41, 5.74) is 2.82. The third-order valence-electron chi connectivity index (χ3n) is 5.56. The van der Waals surface area contributed by atoms with E-state index in [1.165, 1.54) is 14.0 Å². The summed E-state index contributed by atoms with van der Waals surface area (Å²) < 4.78 is 23.5. The maximum absolute atomic E-state index is 12.6. The number of ether oxygens (including phenoxy) is 4. The molecule has 32 heavy (non-hydrogen) atoms. The van der Waals surface area contributed by atoms with Gasteiger partial charge in [0.05, 0.1) is 13.2 Å². The number of esters is 1. The van der Waals surface area contributed by atoms with Crippen LogP contribution in [0, 0.1) is 13.8 Å². The van der Waals surface area contributed by atoms with Gasteiger partial charge >= 0.3 is 5.97 Å². The predicted octanol–water partition coefficient (Wildman–Crippen LogP) is 3.30. The number of ketones is 2. The SMILES string of the molecule is COc1cc(C(C)=O)ccc1OCC(=O)OCC(=O)c1cc(C)n(C[C@@H]2CCCO2)c1C. The maximum Gasteiger partial charge on any atom is 0.344 e. The number of methoxy groups -OCH3 is 1. The van der Waals surface area contributed by atoms with Gasteiger partial charge in [-0.25, -0.2) is 4.79 Å². The number of carbonyl (C=O) groups excluding carboxylic acids is 3. The Bertz CT molecular complexity index is 1000. The second-order valence-corrected chi connectivity index (χ2v) is 7.82. The van der Waals surface area contributed by atoms with E-state index in [1.54, 1.807) is 18.2 Å². The third kappa shape index (κ3) is 5.56. The number of hydrogen-bond acceptors (Lipinski definition) is 7. The van der Waals surface area contributed by atoms with Gasteiger partial charge in [-0.2, -0.15) is 0 Å². The number of aromatic nitrogens is 1. The van der Waals surface area contributed by atoms with E-state index in [4.69, 9.17) is 18.9 Å². The summed E-state index contributed by atoms with van der Waals surface area (Å²) in [7, 11) is 1.44. The normalized spacial score (nSPS) is 15.4. The first-order valence-electron chi connectivity index (χ1n) is 10.6. The zero-order valence-corrected chi connectivity index (χ0v) is 18.9. The zero-order chi connectivity index (χ0) is 23.3. The van der Waals surface area contributed by atoms with E-state index in [0.29, 0.717) is 29.2 Å². The van der Waals surface area contributed by atoms with Gasteiger partial charge < -0.3 is 23.5 Å². The topological polar surface area (TPSA) is 93.1 Å². The molecule has 0 bridgehead atoms. The largest absolute Gasteiger partial charge is 0.493 e. The summed E-state index contributed by atoms with van der Waals surface area (Å²) in [6.45, 7) is 6.02. The van der Waals surface area contributed by atoms with Crippen LogP contribution in [0.4, 0.5) is 0 Å². The summed E-state index contributed by atoms with van der Waals surface area (Å²) >= 11 is 0. The molecule has 0 radical (unpaired) electrons. The first-order chi connectivity index (χ1) is 15.3. The van der Waals surface area contributed by atoms with E-state index >= 15 is 0 Å². The molecule has 0 unspecified atom stereocenters. The first-order valence-corrected chi connectivity index (χ1v) is 10.6. The van der Waals surface area contributed by atoms with Gasteiger partial charge in [-0.05, 0) is 57.9 Å². The van der Waals surface area contributed by atoms with Crippen molar-refractivity contribution < 1.29 is 33.3 Å². The molecule has 3 rings (SSSR count). The highest BCUT2D eigenvalue weighted by atomic mass is 16.6. The second-order valence-electron chi connectivity index (χ2n) is 7.82. The molecule has 172 valence electrons. The fourth-order valence-corrected chi connectivity index (χ4v) is 3.76. The Morgan fingerprint density at radius 3 is 2.56 bits per heavy atom. The highest BCUT2D eigenvalue weighted by Gasteiger charge is 2.22. The molecular formula is C24H29NO7. The lowest BCUT2D eigenvalue weighted by atomic mass is 10.1. The predicted molar refractivity (Wildman–Crippen MR) is 117 cm³/mol. The summed E-state index contributed by atoms with van der Waals surface area (Å²) in [6, 6.07) is 6.50. The first kappa shape index (κ1) is 23.5. The zero-order valence-electron chi connectivity index (χ0n) is 18.9. The minimum atomic E-state index is -0.677. The van der Waals surface area contributed by atoms with Gasteiger partial charge in [0.15, 0.2) is 30.5 Å². The Labute approximate surface area is 187 Å². The Morgan fingerprint density at radius 1 is 1.12 bits per heavy atom. The molecule has 1 atom stereocenters. The van der Waals surface area contributed by atoms with Crippen molar-refractivity contribution in [2.75, 3.05) is 26.9 Å². The standard InChI is InChI=1S/C24H29NO7/c1-15-10-20(16(2)25(15)12-19-6-5-9-30-19)21(27)13-32-24(28)14-31-22-8-7-18(17(3)26)11-23(22)29-4/h7-8,10-11,19H,5-6,9,12-14H2,1-4H3/t19-/m0/s1. The maximum atomic E-state index is 12.6. The molecule has 1 fully saturated rings. The molecule has 1 saturated heterocycles. The van der Waals surface area contributed by atoms with Crippen LogP contribution in [0.1, 0.15) is 51.9 Å². The van der Waals surface area contributed by atoms with Crippen molar-refractivity contribution in [3.05, 3.63) is 46.8 Å². The third-order valence-corrected chi connectivity index (χ3v) is 5.56. The highest BCUT2D eigenvalue weighted by molar-refractivity contribution is 5.99. The minimum Gasteiger partial charge on any atom is -0.493 e. The van der Waals surface area contributed by atoms with Crippen LogP contribution in [0.25, 0.3) is 0 Å². The van der Waals surface area contributed by atoms with Crippen molar-refractivity contribution in [2.45, 2.75) is 46.3 Å². The molecule has 8 heteroatoms. The second kappa shape index (κ2) is 10.5. The number of Topliss-reactive ketones (excluding diaryl/α,β-unsaturated/α-hetero) is 2. The van der Waals surface area contributed by atoms with Crippen molar-refractivity contribution in [3.63, 3.8) is 0 Å². The van der Waals surface area contributed by atoms with Crippen LogP contribution >= 0.6 is 0 Å². The van der Waals surface area contributed by atoms with Crippen LogP contribution < -0.4 is 9.47 Å². The molecule has 1 aromatic carbocycles. The van der Waals surface area contributed by atoms with Crippen LogP contribution in [0.5, 0.6) is 11.5 Å². The molecule has 0 amide bonds. The molecule has 1 aromatic heterocycles. The number of rotatable bonds is 10. The van der Waals surface area contributed by atoms with Crippen LogP contribution in [-0.2, 0) is 20.8 Å². The number of nitrogens with zero attached hydrogens (tertiary/aromatic N) is 1. The number of benzene rings is 1. The van der Waals surface area contributed by atoms with Crippen molar-refractivity contribution >= 4 is 17.5 Å². The quantitative estimate of drug-likeness (QED) is 0.411. The number of carbonyl (C=O) groups is 3. The van der Waals surface area contributed by atoms with Gasteiger partial charge in [0.1, 0.15) is 0 Å². The summed E-state index contributed by atoms with van der Waals surface area (Å²) in [6.07, 6.45) is 2.24. The molecule has 1 aliphatic rings. The molecule has 2 heterocycles. The molecule has 0 aliphatic carbocycles. The molecule has 2 aromatic rings. The summed E-state index contributed by atoms with van der Waals surface area (Å²) in [4.78, 5) is 36.2. The lowest BCUT2D eigenvalue weighted by Gasteiger charge is -2.14. The minimum absolute atomic E-state index is 0.108. The van der Waals surface area contributed by atoms with Crippen molar-refractivity contribution in [3.8, 4) is 11.5 Å². The van der Waals surface area contributed by atoms with Crippen molar-refractivity contribution in [2.24, 2.45) is 0 Å². The monoisotopic (exact) mass is 443 g/mol. The fraction of sp³-hybridized carbons (Fsp3) is 0.458. The van der Waals surface area contributed by atoms with Crippen molar-refractivity contribution in [1.82, 2.24) is 4.57 Å². The lowest BCUT2D eigenvalue weighted by molar-refractivity contribution is -0.144. The lowest BCUT2D eigenvalue weighted by Crippen LogP contribution is -2.20. The van der Waals surface area contributed by atoms with Gasteiger partial charge in [-0.3, -0.25) is 9.59 Å². The van der Waals surface area contributed by atoms with E-state index in [-0.39, 0.29) is 30.9 Å². The molecule has 1 aliphatic heterocycles. The Morgan fingerprint density at radius 2 is 1.91 bits per heavy atom. The van der Waals surface area contributed by atoms with Crippen LogP contribution in [0.15, 0.2) is 24.3 Å². The van der Waals surface area contributed by atoms with Gasteiger partial charge in [0.2, 0.25) is 5.78 Å². The van der Waals surface area contributed by atoms with Gasteiger partial charge in [0.25, 0.3) is 0 Å². The summed E-state index contributed by atoms with van der Waals surface area (Å²) in [5.74, 6) is -0.417. The van der Waals surface area contributed by atoms with Crippen LogP contribution in [-0.4, -0.2) is 55.1 Å². The summed E-state index contributed by atoms with van der Waals surface area (Å²) in [5, 5.41) is 0. The Kier molecular flexibility index (Phi) is 7.69. The number of hydrogen-bond donors (Lipinski definition) is 0. The van der Waals surface area contributed by atoms with Gasteiger partial charge in [-0.15, -0.1) is 0 Å². The Balaban J connectivity index is 1.54. The van der Waals surface area contributed by atoms with Gasteiger partial charge in [0, 0.05) is 35.7 Å². The number of aryl methyl sites for hydroxylation is 1. The van der Waals surface area contributed by atoms with E-state index in [9.17, 15) is 14.4 Å². The average Bonchev–Trinajstić information content (AvgIpc) is 3.39. The van der Waals surface area contributed by atoms with E-state index in [1.807, 2.05) is 19.9 Å². The van der Waals surface area contributed by atoms with Crippen LogP contribution in [0.2, 0.25) is 0 Å². The Hall–Kier alpha value is -3.13. The van der Waals surface area contributed by atoms with E-state index in [0.717, 1.165) is 30.8 Å². The van der Waals surface area contributed by atoms with Crippen molar-refractivity contribution in [1.29, 1.82) is 0 Å². The van der Waals surface area contributed by atoms with E-state index < -0.39 is 5.97 Å². The molecule has 0 N–H and O–H groups in total.